The Kier molecular flexibility index (Phi) is 3.27. The molecule has 4 rings (SSSR count). The molecule has 1 aliphatic heterocycles. The van der Waals surface area contributed by atoms with Gasteiger partial charge in [0.2, 0.25) is 0 Å². The van der Waals surface area contributed by atoms with Crippen molar-refractivity contribution >= 4 is 11.7 Å². The van der Waals surface area contributed by atoms with Crippen LogP contribution in [0.15, 0.2) is 42.5 Å². The molecule has 2 aliphatic rings. The van der Waals surface area contributed by atoms with Crippen molar-refractivity contribution in [1.82, 2.24) is 4.90 Å². The van der Waals surface area contributed by atoms with E-state index in [-0.39, 0.29) is 24.3 Å². The fraction of sp³-hybridized carbons (Fsp3) is 0.263. The highest BCUT2D eigenvalue weighted by atomic mass is 16.3. The Labute approximate surface area is 134 Å². The van der Waals surface area contributed by atoms with Crippen LogP contribution >= 0.6 is 0 Å². The lowest BCUT2D eigenvalue weighted by Crippen LogP contribution is -2.38. The van der Waals surface area contributed by atoms with Gasteiger partial charge in [0.1, 0.15) is 0 Å². The van der Waals surface area contributed by atoms with Gasteiger partial charge in [-0.2, -0.15) is 0 Å². The standard InChI is InChI=1S/C19H17NO3/c21-11-12-5-4-10-20(12)19(23)16-9-3-8-14-13-6-1-2-7-15(13)18(22)17(14)16/h1-3,6-9,12,21H,4-5,10-11H2. The van der Waals surface area contributed by atoms with Crippen LogP contribution in [0.2, 0.25) is 0 Å². The summed E-state index contributed by atoms with van der Waals surface area (Å²) < 4.78 is 0. The zero-order valence-electron chi connectivity index (χ0n) is 12.7. The molecule has 1 heterocycles. The van der Waals surface area contributed by atoms with Gasteiger partial charge in [-0.1, -0.05) is 36.4 Å². The number of nitrogens with zero attached hydrogens (tertiary/aromatic N) is 1. The molecule has 2 aromatic carbocycles. The SMILES string of the molecule is O=C1c2ccccc2-c2cccc(C(=O)N3CCCC3CO)c21. The Balaban J connectivity index is 1.81. The Hall–Kier alpha value is -2.46. The predicted octanol–water partition coefficient (Wildman–Crippen LogP) is 2.49. The van der Waals surface area contributed by atoms with Crippen LogP contribution in [-0.4, -0.2) is 40.9 Å². The zero-order chi connectivity index (χ0) is 16.0. The third-order valence-corrected chi connectivity index (χ3v) is 4.83. The third kappa shape index (κ3) is 2.02. The normalized spacial score (nSPS) is 18.9. The number of aliphatic hydroxyl groups excluding tert-OH is 1. The van der Waals surface area contributed by atoms with Gasteiger partial charge < -0.3 is 10.0 Å². The maximum atomic E-state index is 12.9. The minimum atomic E-state index is -0.153. The zero-order valence-corrected chi connectivity index (χ0v) is 12.7. The quantitative estimate of drug-likeness (QED) is 0.791. The number of hydrogen-bond acceptors (Lipinski definition) is 3. The van der Waals surface area contributed by atoms with E-state index in [9.17, 15) is 14.7 Å². The number of fused-ring (bicyclic) bond motifs is 3. The Bertz CT molecular complexity index is 812. The van der Waals surface area contributed by atoms with Crippen molar-refractivity contribution in [2.75, 3.05) is 13.2 Å². The van der Waals surface area contributed by atoms with Crippen LogP contribution < -0.4 is 0 Å². The molecule has 0 bridgehead atoms. The molecule has 1 aliphatic carbocycles. The summed E-state index contributed by atoms with van der Waals surface area (Å²) in [5.74, 6) is -0.237. The smallest absolute Gasteiger partial charge is 0.254 e. The van der Waals surface area contributed by atoms with E-state index in [1.54, 1.807) is 17.0 Å². The van der Waals surface area contributed by atoms with Gasteiger partial charge in [-0.3, -0.25) is 9.59 Å². The molecule has 0 aromatic heterocycles. The first-order valence-corrected chi connectivity index (χ1v) is 7.91. The van der Waals surface area contributed by atoms with E-state index in [4.69, 9.17) is 0 Å². The van der Waals surface area contributed by atoms with Crippen LogP contribution in [0, 0.1) is 0 Å². The van der Waals surface area contributed by atoms with E-state index in [2.05, 4.69) is 0 Å². The number of likely N-dealkylation sites (tertiary alicyclic amines) is 1. The molecule has 0 radical (unpaired) electrons. The highest BCUT2D eigenvalue weighted by Crippen LogP contribution is 2.38. The average molecular weight is 307 g/mol. The second-order valence-electron chi connectivity index (χ2n) is 6.08. The highest BCUT2D eigenvalue weighted by molar-refractivity contribution is 6.25. The van der Waals surface area contributed by atoms with Gasteiger partial charge in [0.25, 0.3) is 5.91 Å². The minimum Gasteiger partial charge on any atom is -0.394 e. The molecule has 1 saturated heterocycles. The second kappa shape index (κ2) is 5.32. The molecule has 4 nitrogen and oxygen atoms in total. The van der Waals surface area contributed by atoms with Crippen LogP contribution in [0.4, 0.5) is 0 Å². The van der Waals surface area contributed by atoms with Crippen molar-refractivity contribution in [1.29, 1.82) is 0 Å². The number of carbonyl (C=O) groups is 2. The van der Waals surface area contributed by atoms with Crippen molar-refractivity contribution < 1.29 is 14.7 Å². The summed E-state index contributed by atoms with van der Waals surface area (Å²) in [6.07, 6.45) is 1.70. The van der Waals surface area contributed by atoms with Gasteiger partial charge in [0.05, 0.1) is 18.2 Å². The van der Waals surface area contributed by atoms with Crippen LogP contribution in [0.3, 0.4) is 0 Å². The molecule has 1 amide bonds. The van der Waals surface area contributed by atoms with Crippen molar-refractivity contribution in [3.8, 4) is 11.1 Å². The predicted molar refractivity (Wildman–Crippen MR) is 86.5 cm³/mol. The molecule has 23 heavy (non-hydrogen) atoms. The number of carbonyl (C=O) groups excluding carboxylic acids is 2. The van der Waals surface area contributed by atoms with Crippen LogP contribution in [0.5, 0.6) is 0 Å². The number of ketones is 1. The Morgan fingerprint density at radius 1 is 1.09 bits per heavy atom. The molecule has 1 atom stereocenters. The van der Waals surface area contributed by atoms with Crippen LogP contribution in [0.25, 0.3) is 11.1 Å². The third-order valence-electron chi connectivity index (χ3n) is 4.83. The van der Waals surface area contributed by atoms with Gasteiger partial charge in [-0.25, -0.2) is 0 Å². The summed E-state index contributed by atoms with van der Waals surface area (Å²) in [7, 11) is 0. The van der Waals surface area contributed by atoms with E-state index in [0.717, 1.165) is 24.0 Å². The summed E-state index contributed by atoms with van der Waals surface area (Å²) in [4.78, 5) is 27.4. The fourth-order valence-electron chi connectivity index (χ4n) is 3.70. The van der Waals surface area contributed by atoms with Crippen molar-refractivity contribution in [2.24, 2.45) is 0 Å². The molecule has 2 aromatic rings. The summed E-state index contributed by atoms with van der Waals surface area (Å²) in [5.41, 5.74) is 3.33. The molecule has 1 unspecified atom stereocenters. The van der Waals surface area contributed by atoms with Crippen LogP contribution in [-0.2, 0) is 0 Å². The molecule has 1 fully saturated rings. The fourth-order valence-corrected chi connectivity index (χ4v) is 3.70. The van der Waals surface area contributed by atoms with Gasteiger partial charge in [-0.05, 0) is 30.0 Å². The summed E-state index contributed by atoms with van der Waals surface area (Å²) in [6, 6.07) is 12.8. The lowest BCUT2D eigenvalue weighted by Gasteiger charge is -2.24. The Morgan fingerprint density at radius 2 is 1.83 bits per heavy atom. The van der Waals surface area contributed by atoms with Gasteiger partial charge in [0, 0.05) is 17.7 Å². The first-order valence-electron chi connectivity index (χ1n) is 7.91. The van der Waals surface area contributed by atoms with Crippen LogP contribution in [0.1, 0.15) is 39.1 Å². The molecule has 4 heteroatoms. The number of benzene rings is 2. The molecule has 0 saturated carbocycles. The Morgan fingerprint density at radius 3 is 2.61 bits per heavy atom. The molecule has 1 N–H and O–H groups in total. The average Bonchev–Trinajstić information content (AvgIpc) is 3.18. The summed E-state index contributed by atoms with van der Waals surface area (Å²) in [6.45, 7) is 0.601. The summed E-state index contributed by atoms with van der Waals surface area (Å²) >= 11 is 0. The van der Waals surface area contributed by atoms with Gasteiger partial charge >= 0.3 is 0 Å². The van der Waals surface area contributed by atoms with E-state index < -0.39 is 0 Å². The topological polar surface area (TPSA) is 57.6 Å². The van der Waals surface area contributed by atoms with E-state index in [1.807, 2.05) is 30.3 Å². The summed E-state index contributed by atoms with van der Waals surface area (Å²) in [5, 5.41) is 9.46. The number of amides is 1. The monoisotopic (exact) mass is 307 g/mol. The first kappa shape index (κ1) is 14.2. The van der Waals surface area contributed by atoms with E-state index in [1.165, 1.54) is 0 Å². The lowest BCUT2D eigenvalue weighted by molar-refractivity contribution is 0.0674. The maximum absolute atomic E-state index is 12.9. The molecular weight excluding hydrogens is 290 g/mol. The van der Waals surface area contributed by atoms with Crippen molar-refractivity contribution in [2.45, 2.75) is 18.9 Å². The van der Waals surface area contributed by atoms with E-state index in [0.29, 0.717) is 23.2 Å². The van der Waals surface area contributed by atoms with Crippen molar-refractivity contribution in [3.05, 3.63) is 59.2 Å². The highest BCUT2D eigenvalue weighted by Gasteiger charge is 2.35. The van der Waals surface area contributed by atoms with E-state index >= 15 is 0 Å². The second-order valence-corrected chi connectivity index (χ2v) is 6.08. The molecule has 0 spiro atoms. The lowest BCUT2D eigenvalue weighted by atomic mass is 9.99. The molecule has 116 valence electrons. The maximum Gasteiger partial charge on any atom is 0.254 e. The molecular formula is C19H17NO3. The first-order chi connectivity index (χ1) is 11.2. The number of aliphatic hydroxyl groups is 1. The number of rotatable bonds is 2. The number of hydrogen-bond donors (Lipinski definition) is 1. The minimum absolute atomic E-state index is 0.0328. The van der Waals surface area contributed by atoms with Gasteiger partial charge in [-0.15, -0.1) is 0 Å². The van der Waals surface area contributed by atoms with Crippen molar-refractivity contribution in [3.63, 3.8) is 0 Å². The largest absolute Gasteiger partial charge is 0.394 e. The van der Waals surface area contributed by atoms with Gasteiger partial charge in [0.15, 0.2) is 5.78 Å².